The summed E-state index contributed by atoms with van der Waals surface area (Å²) >= 11 is 0. The van der Waals surface area contributed by atoms with E-state index in [1.807, 2.05) is 4.68 Å². The molecule has 1 N–H and O–H groups in total. The summed E-state index contributed by atoms with van der Waals surface area (Å²) in [5.74, 6) is 3.98. The summed E-state index contributed by atoms with van der Waals surface area (Å²) in [5, 5.41) is 14.1. The highest BCUT2D eigenvalue weighted by Crippen LogP contribution is 2.34. The van der Waals surface area contributed by atoms with E-state index in [9.17, 15) is 5.11 Å². The van der Waals surface area contributed by atoms with Crippen LogP contribution in [-0.2, 0) is 19.5 Å². The van der Waals surface area contributed by atoms with E-state index in [4.69, 9.17) is 14.5 Å². The van der Waals surface area contributed by atoms with Crippen molar-refractivity contribution in [2.45, 2.75) is 70.9 Å². The lowest BCUT2D eigenvalue weighted by molar-refractivity contribution is 0.269. The number of likely N-dealkylation sites (tertiary alicyclic amines) is 1. The van der Waals surface area contributed by atoms with Gasteiger partial charge in [-0.2, -0.15) is 5.10 Å². The van der Waals surface area contributed by atoms with Crippen molar-refractivity contribution in [2.24, 2.45) is 0 Å². The molecular formula is C20H30N4O2. The predicted molar refractivity (Wildman–Crippen MR) is 99.9 cm³/mol. The highest BCUT2D eigenvalue weighted by atomic mass is 16.3. The van der Waals surface area contributed by atoms with Gasteiger partial charge >= 0.3 is 0 Å². The Morgan fingerprint density at radius 1 is 1.19 bits per heavy atom. The SMILES string of the molecule is CCc1oc(-c2nc(C3CCCC3)nn2CCO)cc1CN1CCCC1. The Hall–Kier alpha value is -1.66. The first-order valence-electron chi connectivity index (χ1n) is 10.2. The quantitative estimate of drug-likeness (QED) is 0.822. The Morgan fingerprint density at radius 3 is 2.65 bits per heavy atom. The zero-order valence-electron chi connectivity index (χ0n) is 15.8. The van der Waals surface area contributed by atoms with Crippen LogP contribution in [0.2, 0.25) is 0 Å². The van der Waals surface area contributed by atoms with E-state index in [0.717, 1.165) is 36.1 Å². The standard InChI is InChI=1S/C20H30N4O2/c1-2-17-16(14-23-9-5-6-10-23)13-18(26-17)20-21-19(15-7-3-4-8-15)22-24(20)11-12-25/h13,15,25H,2-12,14H2,1H3. The molecule has 0 unspecified atom stereocenters. The van der Waals surface area contributed by atoms with Gasteiger partial charge in [0.15, 0.2) is 17.4 Å². The zero-order valence-corrected chi connectivity index (χ0v) is 15.8. The first-order valence-corrected chi connectivity index (χ1v) is 10.2. The number of furan rings is 1. The van der Waals surface area contributed by atoms with Gasteiger partial charge in [-0.05, 0) is 44.8 Å². The van der Waals surface area contributed by atoms with Crippen molar-refractivity contribution in [1.82, 2.24) is 19.7 Å². The highest BCUT2D eigenvalue weighted by molar-refractivity contribution is 5.50. The largest absolute Gasteiger partial charge is 0.457 e. The molecule has 0 atom stereocenters. The van der Waals surface area contributed by atoms with Gasteiger partial charge in [0.25, 0.3) is 0 Å². The van der Waals surface area contributed by atoms with E-state index in [0.29, 0.717) is 12.5 Å². The first-order chi connectivity index (χ1) is 12.8. The fraction of sp³-hybridized carbons (Fsp3) is 0.700. The minimum atomic E-state index is 0.0580. The number of aromatic nitrogens is 3. The molecule has 0 spiro atoms. The third-order valence-electron chi connectivity index (χ3n) is 5.75. The van der Waals surface area contributed by atoms with Crippen LogP contribution in [0.5, 0.6) is 0 Å². The number of aliphatic hydroxyl groups is 1. The molecule has 1 aliphatic carbocycles. The summed E-state index contributed by atoms with van der Waals surface area (Å²) in [5.41, 5.74) is 1.27. The van der Waals surface area contributed by atoms with E-state index in [1.165, 1.54) is 57.2 Å². The van der Waals surface area contributed by atoms with Gasteiger partial charge < -0.3 is 9.52 Å². The molecule has 6 nitrogen and oxygen atoms in total. The van der Waals surface area contributed by atoms with E-state index in [1.54, 1.807) is 0 Å². The van der Waals surface area contributed by atoms with Gasteiger partial charge in [0.05, 0.1) is 13.2 Å². The molecule has 2 aromatic rings. The molecule has 0 radical (unpaired) electrons. The molecular weight excluding hydrogens is 328 g/mol. The van der Waals surface area contributed by atoms with Crippen LogP contribution in [0, 0.1) is 0 Å². The van der Waals surface area contributed by atoms with Crippen LogP contribution in [0.15, 0.2) is 10.5 Å². The summed E-state index contributed by atoms with van der Waals surface area (Å²) in [7, 11) is 0. The Morgan fingerprint density at radius 2 is 1.96 bits per heavy atom. The lowest BCUT2D eigenvalue weighted by atomic mass is 10.1. The van der Waals surface area contributed by atoms with E-state index >= 15 is 0 Å². The lowest BCUT2D eigenvalue weighted by Gasteiger charge is -2.13. The minimum absolute atomic E-state index is 0.0580. The number of rotatable bonds is 7. The van der Waals surface area contributed by atoms with Crippen LogP contribution in [-0.4, -0.2) is 44.5 Å². The summed E-state index contributed by atoms with van der Waals surface area (Å²) < 4.78 is 8.02. The average molecular weight is 358 g/mol. The third kappa shape index (κ3) is 3.58. The van der Waals surface area contributed by atoms with Gasteiger partial charge in [0.1, 0.15) is 5.76 Å². The van der Waals surface area contributed by atoms with Crippen LogP contribution in [0.3, 0.4) is 0 Å². The van der Waals surface area contributed by atoms with Crippen LogP contribution < -0.4 is 0 Å². The summed E-state index contributed by atoms with van der Waals surface area (Å²) in [6, 6.07) is 2.15. The molecule has 2 aromatic heterocycles. The molecule has 3 heterocycles. The van der Waals surface area contributed by atoms with E-state index in [-0.39, 0.29) is 6.61 Å². The van der Waals surface area contributed by atoms with Gasteiger partial charge in [-0.1, -0.05) is 19.8 Å². The predicted octanol–water partition coefficient (Wildman–Crippen LogP) is 3.35. The second-order valence-corrected chi connectivity index (χ2v) is 7.62. The van der Waals surface area contributed by atoms with Gasteiger partial charge in [0, 0.05) is 24.4 Å². The smallest absolute Gasteiger partial charge is 0.194 e. The van der Waals surface area contributed by atoms with Crippen molar-refractivity contribution in [3.05, 3.63) is 23.2 Å². The Bertz CT molecular complexity index is 724. The van der Waals surface area contributed by atoms with Crippen LogP contribution in [0.25, 0.3) is 11.6 Å². The zero-order chi connectivity index (χ0) is 17.9. The van der Waals surface area contributed by atoms with Crippen molar-refractivity contribution in [1.29, 1.82) is 0 Å². The fourth-order valence-electron chi connectivity index (χ4n) is 4.34. The molecule has 1 aliphatic heterocycles. The average Bonchev–Trinajstić information content (AvgIpc) is 3.42. The summed E-state index contributed by atoms with van der Waals surface area (Å²) in [6.07, 6.45) is 8.32. The number of aryl methyl sites for hydroxylation is 1. The molecule has 6 heteroatoms. The molecule has 26 heavy (non-hydrogen) atoms. The number of hydrogen-bond acceptors (Lipinski definition) is 5. The topological polar surface area (TPSA) is 67.3 Å². The van der Waals surface area contributed by atoms with Crippen LogP contribution in [0.1, 0.15) is 68.5 Å². The van der Waals surface area contributed by atoms with Crippen molar-refractivity contribution < 1.29 is 9.52 Å². The Kier molecular flexibility index (Phi) is 5.41. The molecule has 142 valence electrons. The second kappa shape index (κ2) is 7.92. The van der Waals surface area contributed by atoms with E-state index < -0.39 is 0 Å². The monoisotopic (exact) mass is 358 g/mol. The third-order valence-corrected chi connectivity index (χ3v) is 5.75. The number of hydrogen-bond donors (Lipinski definition) is 1. The lowest BCUT2D eigenvalue weighted by Crippen LogP contribution is -2.18. The van der Waals surface area contributed by atoms with Crippen molar-refractivity contribution in [3.63, 3.8) is 0 Å². The normalized spacial score (nSPS) is 19.0. The van der Waals surface area contributed by atoms with Crippen LogP contribution in [0.4, 0.5) is 0 Å². The Balaban J connectivity index is 1.63. The molecule has 4 rings (SSSR count). The molecule has 2 aliphatic rings. The maximum absolute atomic E-state index is 9.44. The minimum Gasteiger partial charge on any atom is -0.457 e. The van der Waals surface area contributed by atoms with Gasteiger partial charge in [0.2, 0.25) is 0 Å². The van der Waals surface area contributed by atoms with Gasteiger partial charge in [-0.25, -0.2) is 9.67 Å². The van der Waals surface area contributed by atoms with Gasteiger partial charge in [-0.3, -0.25) is 4.90 Å². The van der Waals surface area contributed by atoms with Gasteiger partial charge in [-0.15, -0.1) is 0 Å². The highest BCUT2D eigenvalue weighted by Gasteiger charge is 2.25. The summed E-state index contributed by atoms with van der Waals surface area (Å²) in [6.45, 7) is 5.96. The maximum atomic E-state index is 9.44. The molecule has 2 fully saturated rings. The van der Waals surface area contributed by atoms with Crippen molar-refractivity contribution in [3.8, 4) is 11.6 Å². The molecule has 1 saturated carbocycles. The first kappa shape index (κ1) is 17.7. The van der Waals surface area contributed by atoms with Crippen LogP contribution >= 0.6 is 0 Å². The van der Waals surface area contributed by atoms with E-state index in [2.05, 4.69) is 17.9 Å². The van der Waals surface area contributed by atoms with Crippen molar-refractivity contribution in [2.75, 3.05) is 19.7 Å². The number of aliphatic hydroxyl groups excluding tert-OH is 1. The number of nitrogens with zero attached hydrogens (tertiary/aromatic N) is 4. The molecule has 1 saturated heterocycles. The molecule has 0 amide bonds. The molecule has 0 aromatic carbocycles. The maximum Gasteiger partial charge on any atom is 0.194 e. The fourth-order valence-corrected chi connectivity index (χ4v) is 4.34. The second-order valence-electron chi connectivity index (χ2n) is 7.62. The summed E-state index contributed by atoms with van der Waals surface area (Å²) in [4.78, 5) is 7.33. The molecule has 0 bridgehead atoms. The Labute approximate surface area is 155 Å². The van der Waals surface area contributed by atoms with Crippen molar-refractivity contribution >= 4 is 0 Å².